The van der Waals surface area contributed by atoms with Crippen LogP contribution in [0.25, 0.3) is 11.3 Å². The third kappa shape index (κ3) is 5.61. The van der Waals surface area contributed by atoms with Crippen LogP contribution in [0.3, 0.4) is 0 Å². The molecule has 7 nitrogen and oxygen atoms in total. The summed E-state index contributed by atoms with van der Waals surface area (Å²) in [6.07, 6.45) is 0.932. The van der Waals surface area contributed by atoms with Gasteiger partial charge in [0.05, 0.1) is 29.8 Å². The van der Waals surface area contributed by atoms with Crippen molar-refractivity contribution in [2.45, 2.75) is 20.3 Å². The molecule has 0 radical (unpaired) electrons. The fourth-order valence-corrected chi connectivity index (χ4v) is 5.75. The summed E-state index contributed by atoms with van der Waals surface area (Å²) in [5.41, 5.74) is 5.37. The molecule has 0 bridgehead atoms. The van der Waals surface area contributed by atoms with Gasteiger partial charge in [-0.2, -0.15) is 0 Å². The lowest BCUT2D eigenvalue weighted by molar-refractivity contribution is -0.110. The third-order valence-electron chi connectivity index (χ3n) is 5.86. The Balaban J connectivity index is 1.81. The molecule has 0 saturated carbocycles. The summed E-state index contributed by atoms with van der Waals surface area (Å²) >= 11 is 0. The molecule has 0 spiro atoms. The van der Waals surface area contributed by atoms with E-state index in [0.717, 1.165) is 24.2 Å². The largest absolute Gasteiger partial charge is 0.361 e. The highest BCUT2D eigenvalue weighted by Gasteiger charge is 2.33. The van der Waals surface area contributed by atoms with Crippen LogP contribution in [0.15, 0.2) is 72.8 Å². The minimum absolute atomic E-state index is 0.234. The first kappa shape index (κ1) is 25.9. The average Bonchev–Trinajstić information content (AvgIpc) is 3.22. The Hall–Kier alpha value is -3.22. The predicted octanol–water partition coefficient (Wildman–Crippen LogP) is 5.27. The molecular formula is C28H32N3O4P. The molecule has 4 rings (SSSR count). The molecule has 36 heavy (non-hydrogen) atoms. The van der Waals surface area contributed by atoms with Crippen molar-refractivity contribution in [1.82, 2.24) is 5.32 Å². The van der Waals surface area contributed by atoms with Crippen molar-refractivity contribution in [2.24, 2.45) is 0 Å². The maximum Gasteiger partial charge on any atom is 0.361 e. The molecule has 188 valence electrons. The van der Waals surface area contributed by atoms with Gasteiger partial charge < -0.3 is 25.0 Å². The van der Waals surface area contributed by atoms with Crippen LogP contribution in [-0.2, 0) is 24.8 Å². The van der Waals surface area contributed by atoms with E-state index in [0.29, 0.717) is 27.8 Å². The van der Waals surface area contributed by atoms with Crippen molar-refractivity contribution >= 4 is 41.5 Å². The summed E-state index contributed by atoms with van der Waals surface area (Å²) in [6, 6.07) is 23.1. The second-order valence-electron chi connectivity index (χ2n) is 8.31. The van der Waals surface area contributed by atoms with Crippen LogP contribution in [0.1, 0.15) is 30.5 Å². The quantitative estimate of drug-likeness (QED) is 0.243. The Kier molecular flexibility index (Phi) is 8.39. The lowest BCUT2D eigenvalue weighted by Crippen LogP contribution is -2.12. The number of amides is 1. The minimum atomic E-state index is -3.52. The van der Waals surface area contributed by atoms with Crippen molar-refractivity contribution in [3.63, 3.8) is 0 Å². The fourth-order valence-electron chi connectivity index (χ4n) is 4.15. The van der Waals surface area contributed by atoms with Crippen LogP contribution in [0.2, 0.25) is 0 Å². The van der Waals surface area contributed by atoms with Gasteiger partial charge in [0.25, 0.3) is 5.91 Å². The van der Waals surface area contributed by atoms with Gasteiger partial charge >= 0.3 is 7.60 Å². The van der Waals surface area contributed by atoms with E-state index < -0.39 is 7.60 Å². The number of nitrogens with one attached hydrogen (secondary N) is 3. The van der Waals surface area contributed by atoms with E-state index >= 15 is 0 Å². The number of anilines is 2. The van der Waals surface area contributed by atoms with E-state index in [2.05, 4.69) is 28.1 Å². The normalized spacial score (nSPS) is 14.4. The summed E-state index contributed by atoms with van der Waals surface area (Å²) < 4.78 is 24.6. The SMILES string of the molecule is CCOP(=O)(OCC)c1ccc2c(c1)C(=C(Nc1ccc(CCNC)cc1)c1ccccc1)C(=O)N2. The molecule has 0 unspecified atom stereocenters. The number of carbonyl (C=O) groups is 1. The molecule has 8 heteroatoms. The second kappa shape index (κ2) is 11.7. The maximum absolute atomic E-state index is 13.5. The zero-order chi connectivity index (χ0) is 25.5. The molecule has 0 aromatic heterocycles. The smallest absolute Gasteiger partial charge is 0.354 e. The maximum atomic E-state index is 13.5. The molecule has 0 atom stereocenters. The first-order valence-corrected chi connectivity index (χ1v) is 13.7. The average molecular weight is 506 g/mol. The van der Waals surface area contributed by atoms with Gasteiger partial charge in [-0.25, -0.2) is 0 Å². The van der Waals surface area contributed by atoms with E-state index in [1.807, 2.05) is 49.5 Å². The predicted molar refractivity (Wildman–Crippen MR) is 147 cm³/mol. The van der Waals surface area contributed by atoms with Crippen molar-refractivity contribution in [1.29, 1.82) is 0 Å². The van der Waals surface area contributed by atoms with Crippen molar-refractivity contribution in [3.8, 4) is 0 Å². The van der Waals surface area contributed by atoms with E-state index in [9.17, 15) is 9.36 Å². The Morgan fingerprint density at radius 2 is 1.64 bits per heavy atom. The molecule has 1 heterocycles. The first-order valence-electron chi connectivity index (χ1n) is 12.1. The molecule has 3 aromatic rings. The highest BCUT2D eigenvalue weighted by atomic mass is 31.2. The zero-order valence-electron chi connectivity index (χ0n) is 20.8. The molecule has 0 aliphatic carbocycles. The van der Waals surface area contributed by atoms with Crippen LogP contribution in [0.4, 0.5) is 11.4 Å². The Bertz CT molecular complexity index is 1280. The van der Waals surface area contributed by atoms with Gasteiger partial charge in [-0.15, -0.1) is 0 Å². The van der Waals surface area contributed by atoms with Gasteiger partial charge in [0.2, 0.25) is 0 Å². The van der Waals surface area contributed by atoms with Gasteiger partial charge in [0.1, 0.15) is 0 Å². The zero-order valence-corrected chi connectivity index (χ0v) is 21.7. The Morgan fingerprint density at radius 3 is 2.28 bits per heavy atom. The van der Waals surface area contributed by atoms with E-state index in [1.165, 1.54) is 5.56 Å². The monoisotopic (exact) mass is 505 g/mol. The molecule has 3 N–H and O–H groups in total. The van der Waals surface area contributed by atoms with Gasteiger partial charge in [-0.1, -0.05) is 42.5 Å². The lowest BCUT2D eigenvalue weighted by atomic mass is 10.00. The van der Waals surface area contributed by atoms with E-state index in [-0.39, 0.29) is 19.1 Å². The number of hydrogen-bond acceptors (Lipinski definition) is 6. The lowest BCUT2D eigenvalue weighted by Gasteiger charge is -2.18. The molecule has 0 saturated heterocycles. The first-order chi connectivity index (χ1) is 17.5. The molecule has 3 aromatic carbocycles. The standard InChI is InChI=1S/C28H32N3O4P/c1-4-34-36(33,35-5-2)23-15-16-25-24(19-23)26(28(32)31-25)27(21-9-7-6-8-10-21)30-22-13-11-20(12-14-22)17-18-29-3/h6-16,19,29-30H,4-5,17-18H2,1-3H3,(H,31,32). The summed E-state index contributed by atoms with van der Waals surface area (Å²) in [7, 11) is -1.58. The number of rotatable bonds is 11. The molecule has 1 aliphatic rings. The second-order valence-corrected chi connectivity index (χ2v) is 10.3. The Morgan fingerprint density at radius 1 is 0.944 bits per heavy atom. The third-order valence-corrected chi connectivity index (χ3v) is 7.97. The van der Waals surface area contributed by atoms with Crippen LogP contribution in [-0.4, -0.2) is 32.7 Å². The number of fused-ring (bicyclic) bond motifs is 1. The van der Waals surface area contributed by atoms with Crippen LogP contribution >= 0.6 is 7.60 Å². The van der Waals surface area contributed by atoms with E-state index in [1.54, 1.807) is 32.0 Å². The van der Waals surface area contributed by atoms with Crippen molar-refractivity contribution in [2.75, 3.05) is 37.4 Å². The summed E-state index contributed by atoms with van der Waals surface area (Å²) in [5.74, 6) is -0.234. The topological polar surface area (TPSA) is 88.7 Å². The minimum Gasteiger partial charge on any atom is -0.354 e. The highest BCUT2D eigenvalue weighted by Crippen LogP contribution is 2.48. The molecule has 1 aliphatic heterocycles. The van der Waals surface area contributed by atoms with Crippen LogP contribution in [0, 0.1) is 0 Å². The summed E-state index contributed by atoms with van der Waals surface area (Å²) in [4.78, 5) is 13.3. The highest BCUT2D eigenvalue weighted by molar-refractivity contribution is 7.62. The summed E-state index contributed by atoms with van der Waals surface area (Å²) in [5, 5.41) is 9.99. The van der Waals surface area contributed by atoms with Gasteiger partial charge in [0, 0.05) is 16.9 Å². The van der Waals surface area contributed by atoms with Crippen LogP contribution in [0.5, 0.6) is 0 Å². The number of hydrogen-bond donors (Lipinski definition) is 3. The van der Waals surface area contributed by atoms with Crippen molar-refractivity contribution in [3.05, 3.63) is 89.5 Å². The Labute approximate surface area is 212 Å². The molecule has 0 fully saturated rings. The fraction of sp³-hybridized carbons (Fsp3) is 0.250. The van der Waals surface area contributed by atoms with Crippen molar-refractivity contribution < 1.29 is 18.4 Å². The van der Waals surface area contributed by atoms with Gasteiger partial charge in [-0.3, -0.25) is 9.36 Å². The molecule has 1 amide bonds. The number of carbonyl (C=O) groups excluding carboxylic acids is 1. The molecular weight excluding hydrogens is 473 g/mol. The van der Waals surface area contributed by atoms with Gasteiger partial charge in [0.15, 0.2) is 0 Å². The summed E-state index contributed by atoms with van der Waals surface area (Å²) in [6.45, 7) is 4.94. The van der Waals surface area contributed by atoms with Gasteiger partial charge in [-0.05, 0) is 75.3 Å². The van der Waals surface area contributed by atoms with Crippen LogP contribution < -0.4 is 21.3 Å². The van der Waals surface area contributed by atoms with E-state index in [4.69, 9.17) is 9.05 Å². The number of benzene rings is 3. The number of likely N-dealkylation sites (N-methyl/N-ethyl adjacent to an activating group) is 1.